The number of benzene rings is 2. The van der Waals surface area contributed by atoms with Gasteiger partial charge in [0.15, 0.2) is 0 Å². The van der Waals surface area contributed by atoms with Gasteiger partial charge in [-0.05, 0) is 42.4 Å². The van der Waals surface area contributed by atoms with Crippen LogP contribution >= 0.6 is 0 Å². The molecule has 1 heterocycles. The molecule has 0 aliphatic carbocycles. The molecule has 2 aromatic rings. The first-order valence-corrected chi connectivity index (χ1v) is 9.76. The molecule has 0 saturated carbocycles. The lowest BCUT2D eigenvalue weighted by molar-refractivity contribution is -0.126. The van der Waals surface area contributed by atoms with Crippen molar-refractivity contribution in [2.75, 3.05) is 6.54 Å². The molecule has 4 heteroatoms. The second-order valence-corrected chi connectivity index (χ2v) is 7.62. The van der Waals surface area contributed by atoms with Crippen LogP contribution < -0.4 is 5.32 Å². The topological polar surface area (TPSA) is 49.4 Å². The maximum Gasteiger partial charge on any atom is 0.255 e. The van der Waals surface area contributed by atoms with Crippen molar-refractivity contribution in [3.05, 3.63) is 71.3 Å². The first-order chi connectivity index (χ1) is 13.1. The van der Waals surface area contributed by atoms with E-state index in [1.165, 1.54) is 5.56 Å². The molecular formula is C23H28N2O2. The van der Waals surface area contributed by atoms with Crippen LogP contribution in [0.5, 0.6) is 0 Å². The highest BCUT2D eigenvalue weighted by Crippen LogP contribution is 2.26. The van der Waals surface area contributed by atoms with E-state index in [0.717, 1.165) is 24.0 Å². The summed E-state index contributed by atoms with van der Waals surface area (Å²) >= 11 is 0. The molecule has 0 radical (unpaired) electrons. The quantitative estimate of drug-likeness (QED) is 0.724. The Balaban J connectivity index is 1.59. The first kappa shape index (κ1) is 19.2. The van der Waals surface area contributed by atoms with Crippen LogP contribution in [0.2, 0.25) is 0 Å². The number of hydrogen-bond donors (Lipinski definition) is 1. The monoisotopic (exact) mass is 364 g/mol. The minimum absolute atomic E-state index is 0.0318. The van der Waals surface area contributed by atoms with Crippen LogP contribution in [-0.2, 0) is 17.8 Å². The predicted molar refractivity (Wildman–Crippen MR) is 107 cm³/mol. The Bertz CT molecular complexity index is 786. The average molecular weight is 364 g/mol. The molecule has 0 fully saturated rings. The van der Waals surface area contributed by atoms with Crippen LogP contribution in [-0.4, -0.2) is 29.3 Å². The predicted octanol–water partition coefficient (Wildman–Crippen LogP) is 3.81. The number of nitrogens with one attached hydrogen (secondary N) is 1. The van der Waals surface area contributed by atoms with Crippen LogP contribution in [0, 0.1) is 5.92 Å². The lowest BCUT2D eigenvalue weighted by Crippen LogP contribution is -2.48. The van der Waals surface area contributed by atoms with E-state index in [9.17, 15) is 9.59 Å². The summed E-state index contributed by atoms with van der Waals surface area (Å²) in [6.07, 6.45) is 2.49. The van der Waals surface area contributed by atoms with Crippen LogP contribution in [0.3, 0.4) is 0 Å². The first-order valence-electron chi connectivity index (χ1n) is 9.76. The Morgan fingerprint density at radius 1 is 1.07 bits per heavy atom. The van der Waals surface area contributed by atoms with Crippen molar-refractivity contribution in [2.45, 2.75) is 45.7 Å². The van der Waals surface area contributed by atoms with Gasteiger partial charge in [-0.2, -0.15) is 0 Å². The standard InChI is InChI=1S/C23H28N2O2/c1-17(2)15-21(25-16-19-12-6-7-13-20(19)23(25)27)22(26)24-14-8-11-18-9-4-3-5-10-18/h3-7,9-10,12-13,17,21H,8,11,14-16H2,1-2H3,(H,24,26)/t21-/m1/s1. The highest BCUT2D eigenvalue weighted by molar-refractivity contribution is 6.01. The summed E-state index contributed by atoms with van der Waals surface area (Å²) in [5.41, 5.74) is 3.01. The van der Waals surface area contributed by atoms with Crippen molar-refractivity contribution in [1.82, 2.24) is 10.2 Å². The van der Waals surface area contributed by atoms with E-state index in [-0.39, 0.29) is 11.8 Å². The third kappa shape index (κ3) is 4.76. The average Bonchev–Trinajstić information content (AvgIpc) is 3.00. The molecule has 3 rings (SSSR count). The SMILES string of the molecule is CC(C)C[C@H](C(=O)NCCCc1ccccc1)N1Cc2ccccc2C1=O. The molecule has 2 aromatic carbocycles. The summed E-state index contributed by atoms with van der Waals surface area (Å²) in [6, 6.07) is 17.5. The number of rotatable bonds is 8. The molecule has 0 spiro atoms. The molecular weight excluding hydrogens is 336 g/mol. The molecule has 0 bridgehead atoms. The van der Waals surface area contributed by atoms with E-state index in [1.807, 2.05) is 42.5 Å². The zero-order valence-corrected chi connectivity index (χ0v) is 16.2. The fourth-order valence-electron chi connectivity index (χ4n) is 3.62. The van der Waals surface area contributed by atoms with Gasteiger partial charge >= 0.3 is 0 Å². The minimum Gasteiger partial charge on any atom is -0.354 e. The normalized spacial score (nSPS) is 14.3. The van der Waals surface area contributed by atoms with Crippen molar-refractivity contribution >= 4 is 11.8 Å². The zero-order valence-electron chi connectivity index (χ0n) is 16.2. The maximum absolute atomic E-state index is 12.9. The van der Waals surface area contributed by atoms with Gasteiger partial charge < -0.3 is 10.2 Å². The number of nitrogens with zero attached hydrogens (tertiary/aromatic N) is 1. The van der Waals surface area contributed by atoms with E-state index in [4.69, 9.17) is 0 Å². The Morgan fingerprint density at radius 2 is 1.78 bits per heavy atom. The molecule has 27 heavy (non-hydrogen) atoms. The van der Waals surface area contributed by atoms with E-state index >= 15 is 0 Å². The third-order valence-corrected chi connectivity index (χ3v) is 5.01. The number of aryl methyl sites for hydroxylation is 1. The smallest absolute Gasteiger partial charge is 0.255 e. The van der Waals surface area contributed by atoms with Gasteiger partial charge in [0.1, 0.15) is 6.04 Å². The highest BCUT2D eigenvalue weighted by Gasteiger charge is 2.36. The number of carbonyl (C=O) groups is 2. The molecule has 1 aliphatic heterocycles. The molecule has 4 nitrogen and oxygen atoms in total. The Morgan fingerprint density at radius 3 is 2.48 bits per heavy atom. The largest absolute Gasteiger partial charge is 0.354 e. The van der Waals surface area contributed by atoms with E-state index in [2.05, 4.69) is 31.3 Å². The summed E-state index contributed by atoms with van der Waals surface area (Å²) in [7, 11) is 0. The van der Waals surface area contributed by atoms with E-state index in [1.54, 1.807) is 4.90 Å². The second kappa shape index (κ2) is 8.85. The number of hydrogen-bond acceptors (Lipinski definition) is 2. The van der Waals surface area contributed by atoms with Crippen molar-refractivity contribution < 1.29 is 9.59 Å². The molecule has 1 N–H and O–H groups in total. The van der Waals surface area contributed by atoms with Crippen LogP contribution in [0.25, 0.3) is 0 Å². The van der Waals surface area contributed by atoms with E-state index < -0.39 is 6.04 Å². The van der Waals surface area contributed by atoms with Crippen molar-refractivity contribution in [2.24, 2.45) is 5.92 Å². The lowest BCUT2D eigenvalue weighted by Gasteiger charge is -2.28. The summed E-state index contributed by atoms with van der Waals surface area (Å²) in [4.78, 5) is 27.4. The molecule has 1 atom stereocenters. The second-order valence-electron chi connectivity index (χ2n) is 7.62. The molecule has 0 unspecified atom stereocenters. The molecule has 0 aromatic heterocycles. The maximum atomic E-state index is 12.9. The van der Waals surface area contributed by atoms with Crippen LogP contribution in [0.4, 0.5) is 0 Å². The highest BCUT2D eigenvalue weighted by atomic mass is 16.2. The number of carbonyl (C=O) groups excluding carboxylic acids is 2. The van der Waals surface area contributed by atoms with Gasteiger partial charge in [0.05, 0.1) is 0 Å². The van der Waals surface area contributed by atoms with Gasteiger partial charge in [0, 0.05) is 18.7 Å². The van der Waals surface area contributed by atoms with Crippen molar-refractivity contribution in [3.63, 3.8) is 0 Å². The molecule has 1 aliphatic rings. The van der Waals surface area contributed by atoms with Gasteiger partial charge in [-0.1, -0.05) is 62.4 Å². The van der Waals surface area contributed by atoms with Gasteiger partial charge in [0.25, 0.3) is 5.91 Å². The lowest BCUT2D eigenvalue weighted by atomic mass is 10.0. The Labute approximate surface area is 161 Å². The van der Waals surface area contributed by atoms with Crippen molar-refractivity contribution in [1.29, 1.82) is 0 Å². The summed E-state index contributed by atoms with van der Waals surface area (Å²) in [5.74, 6) is 0.259. The van der Waals surface area contributed by atoms with E-state index in [0.29, 0.717) is 25.4 Å². The van der Waals surface area contributed by atoms with Crippen molar-refractivity contribution in [3.8, 4) is 0 Å². The summed E-state index contributed by atoms with van der Waals surface area (Å²) in [6.45, 7) is 5.31. The van der Waals surface area contributed by atoms with Gasteiger partial charge in [-0.15, -0.1) is 0 Å². The third-order valence-electron chi connectivity index (χ3n) is 5.01. The minimum atomic E-state index is -0.415. The van der Waals surface area contributed by atoms with Gasteiger partial charge in [0.2, 0.25) is 5.91 Å². The van der Waals surface area contributed by atoms with Crippen LogP contribution in [0.1, 0.15) is 48.2 Å². The van der Waals surface area contributed by atoms with Crippen LogP contribution in [0.15, 0.2) is 54.6 Å². The summed E-state index contributed by atoms with van der Waals surface area (Å²) < 4.78 is 0. The number of fused-ring (bicyclic) bond motifs is 1. The van der Waals surface area contributed by atoms with Gasteiger partial charge in [-0.25, -0.2) is 0 Å². The number of amides is 2. The molecule has 0 saturated heterocycles. The fourth-order valence-corrected chi connectivity index (χ4v) is 3.62. The Hall–Kier alpha value is -2.62. The van der Waals surface area contributed by atoms with Gasteiger partial charge in [-0.3, -0.25) is 9.59 Å². The molecule has 142 valence electrons. The fraction of sp³-hybridized carbons (Fsp3) is 0.391. The Kier molecular flexibility index (Phi) is 6.28. The summed E-state index contributed by atoms with van der Waals surface area (Å²) in [5, 5.41) is 3.05. The zero-order chi connectivity index (χ0) is 19.2. The molecule has 2 amide bonds.